The molecule has 3 N–H and O–H groups in total. The monoisotopic (exact) mass is 280 g/mol. The van der Waals surface area contributed by atoms with Crippen molar-refractivity contribution >= 4 is 16.7 Å². The summed E-state index contributed by atoms with van der Waals surface area (Å²) in [5.41, 5.74) is 7.89. The second-order valence-electron chi connectivity index (χ2n) is 4.87. The third-order valence-corrected chi connectivity index (χ3v) is 3.58. The largest absolute Gasteiger partial charge is 0.409 e. The molecule has 0 aliphatic heterocycles. The molecule has 0 radical (unpaired) electrons. The summed E-state index contributed by atoms with van der Waals surface area (Å²) < 4.78 is 1.88. The molecule has 1 heterocycles. The van der Waals surface area contributed by atoms with Gasteiger partial charge in [0.1, 0.15) is 5.84 Å². The molecular weight excluding hydrogens is 264 g/mol. The van der Waals surface area contributed by atoms with Gasteiger partial charge in [0.2, 0.25) is 0 Å². The number of nitrogens with zero attached hydrogens (tertiary/aromatic N) is 3. The van der Waals surface area contributed by atoms with E-state index in [0.717, 1.165) is 16.5 Å². The molecular formula is C16H16N4O. The zero-order valence-electron chi connectivity index (χ0n) is 11.4. The number of fused-ring (bicyclic) bond motifs is 1. The van der Waals surface area contributed by atoms with Gasteiger partial charge < -0.3 is 10.9 Å². The molecule has 1 atom stereocenters. The van der Waals surface area contributed by atoms with Crippen LogP contribution in [0.1, 0.15) is 11.5 Å². The summed E-state index contributed by atoms with van der Waals surface area (Å²) >= 11 is 0. The van der Waals surface area contributed by atoms with Gasteiger partial charge in [-0.3, -0.25) is 4.68 Å². The first-order valence-electron chi connectivity index (χ1n) is 6.72. The minimum absolute atomic E-state index is 0.181. The van der Waals surface area contributed by atoms with Crippen molar-refractivity contribution in [3.63, 3.8) is 0 Å². The fourth-order valence-electron chi connectivity index (χ4n) is 2.47. The molecule has 21 heavy (non-hydrogen) atoms. The van der Waals surface area contributed by atoms with Crippen LogP contribution in [-0.4, -0.2) is 20.8 Å². The Morgan fingerprint density at radius 2 is 1.86 bits per heavy atom. The van der Waals surface area contributed by atoms with Crippen molar-refractivity contribution < 1.29 is 5.21 Å². The van der Waals surface area contributed by atoms with E-state index in [4.69, 9.17) is 10.9 Å². The van der Waals surface area contributed by atoms with Gasteiger partial charge in [-0.25, -0.2) is 0 Å². The molecule has 2 aromatic carbocycles. The van der Waals surface area contributed by atoms with Crippen LogP contribution in [0.25, 0.3) is 10.9 Å². The van der Waals surface area contributed by atoms with E-state index in [2.05, 4.69) is 10.3 Å². The summed E-state index contributed by atoms with van der Waals surface area (Å²) in [5, 5.41) is 17.7. The highest BCUT2D eigenvalue weighted by Gasteiger charge is 2.18. The fourth-order valence-corrected chi connectivity index (χ4v) is 2.47. The molecule has 106 valence electrons. The number of hydrogen-bond acceptors (Lipinski definition) is 3. The van der Waals surface area contributed by atoms with Crippen LogP contribution in [0.3, 0.4) is 0 Å². The lowest BCUT2D eigenvalue weighted by Crippen LogP contribution is -2.26. The highest BCUT2D eigenvalue weighted by molar-refractivity contribution is 5.87. The molecule has 3 aromatic rings. The van der Waals surface area contributed by atoms with Crippen molar-refractivity contribution in [1.82, 2.24) is 9.78 Å². The lowest BCUT2D eigenvalue weighted by Gasteiger charge is -2.16. The molecule has 5 heteroatoms. The average Bonchev–Trinajstić information content (AvgIpc) is 2.96. The first-order chi connectivity index (χ1) is 10.3. The lowest BCUT2D eigenvalue weighted by atomic mass is 9.98. The third-order valence-electron chi connectivity index (χ3n) is 3.58. The van der Waals surface area contributed by atoms with Crippen molar-refractivity contribution in [3.8, 4) is 0 Å². The Morgan fingerprint density at radius 3 is 2.62 bits per heavy atom. The smallest absolute Gasteiger partial charge is 0.148 e. The predicted molar refractivity (Wildman–Crippen MR) is 82.3 cm³/mol. The average molecular weight is 280 g/mol. The Kier molecular flexibility index (Phi) is 3.55. The number of para-hydroxylation sites is 1. The SMILES string of the molecule is NC(=NO)C(Cn1ncc2ccccc21)c1ccccc1. The molecule has 5 nitrogen and oxygen atoms in total. The number of hydrogen-bond donors (Lipinski definition) is 2. The number of oxime groups is 1. The van der Waals surface area contributed by atoms with Gasteiger partial charge in [-0.15, -0.1) is 0 Å². The second kappa shape index (κ2) is 5.66. The van der Waals surface area contributed by atoms with Crippen molar-refractivity contribution in [2.75, 3.05) is 0 Å². The molecule has 3 rings (SSSR count). The normalized spacial score (nSPS) is 13.4. The van der Waals surface area contributed by atoms with Crippen LogP contribution in [-0.2, 0) is 6.54 Å². The molecule has 0 aliphatic rings. The molecule has 0 spiro atoms. The van der Waals surface area contributed by atoms with Crippen LogP contribution >= 0.6 is 0 Å². The van der Waals surface area contributed by atoms with E-state index >= 15 is 0 Å². The Bertz CT molecular complexity index is 764. The Hall–Kier alpha value is -2.82. The van der Waals surface area contributed by atoms with E-state index in [9.17, 15) is 0 Å². The van der Waals surface area contributed by atoms with E-state index in [1.54, 1.807) is 0 Å². The van der Waals surface area contributed by atoms with Crippen molar-refractivity contribution in [3.05, 3.63) is 66.4 Å². The molecule has 0 fully saturated rings. The van der Waals surface area contributed by atoms with Crippen LogP contribution in [0.5, 0.6) is 0 Å². The summed E-state index contributed by atoms with van der Waals surface area (Å²) in [6.07, 6.45) is 1.82. The maximum atomic E-state index is 9.04. The van der Waals surface area contributed by atoms with Gasteiger partial charge in [0.25, 0.3) is 0 Å². The predicted octanol–water partition coefficient (Wildman–Crippen LogP) is 2.57. The summed E-state index contributed by atoms with van der Waals surface area (Å²) in [4.78, 5) is 0. The minimum atomic E-state index is -0.223. The molecule has 1 unspecified atom stereocenters. The van der Waals surface area contributed by atoms with E-state index < -0.39 is 0 Å². The van der Waals surface area contributed by atoms with E-state index in [0.29, 0.717) is 6.54 Å². The minimum Gasteiger partial charge on any atom is -0.409 e. The highest BCUT2D eigenvalue weighted by atomic mass is 16.4. The Morgan fingerprint density at radius 1 is 1.14 bits per heavy atom. The van der Waals surface area contributed by atoms with E-state index in [-0.39, 0.29) is 11.8 Å². The van der Waals surface area contributed by atoms with Crippen LogP contribution in [0.2, 0.25) is 0 Å². The Labute approximate surface area is 122 Å². The lowest BCUT2D eigenvalue weighted by molar-refractivity contribution is 0.315. The summed E-state index contributed by atoms with van der Waals surface area (Å²) in [7, 11) is 0. The number of amidine groups is 1. The first kappa shape index (κ1) is 13.2. The molecule has 0 saturated carbocycles. The van der Waals surface area contributed by atoms with Gasteiger partial charge in [-0.05, 0) is 11.6 Å². The van der Waals surface area contributed by atoms with Gasteiger partial charge >= 0.3 is 0 Å². The van der Waals surface area contributed by atoms with Crippen LogP contribution in [0.4, 0.5) is 0 Å². The summed E-state index contributed by atoms with van der Waals surface area (Å²) in [6.45, 7) is 0.521. The van der Waals surface area contributed by atoms with Crippen LogP contribution in [0, 0.1) is 0 Å². The Balaban J connectivity index is 1.99. The fraction of sp³-hybridized carbons (Fsp3) is 0.125. The number of nitrogens with two attached hydrogens (primary N) is 1. The van der Waals surface area contributed by atoms with E-state index in [1.165, 1.54) is 0 Å². The van der Waals surface area contributed by atoms with Crippen LogP contribution < -0.4 is 5.73 Å². The number of rotatable bonds is 4. The standard InChI is InChI=1S/C16H16N4O/c17-16(19-21)14(12-6-2-1-3-7-12)11-20-15-9-5-4-8-13(15)10-18-20/h1-10,14,21H,11H2,(H2,17,19). The molecule has 0 amide bonds. The second-order valence-corrected chi connectivity index (χ2v) is 4.87. The van der Waals surface area contributed by atoms with Gasteiger partial charge in [-0.1, -0.05) is 53.7 Å². The highest BCUT2D eigenvalue weighted by Crippen LogP contribution is 2.21. The zero-order valence-corrected chi connectivity index (χ0v) is 11.4. The topological polar surface area (TPSA) is 76.4 Å². The molecule has 0 saturated heterocycles. The van der Waals surface area contributed by atoms with Crippen molar-refractivity contribution in [1.29, 1.82) is 0 Å². The molecule has 0 aliphatic carbocycles. The van der Waals surface area contributed by atoms with E-state index in [1.807, 2.05) is 65.5 Å². The maximum Gasteiger partial charge on any atom is 0.148 e. The number of benzene rings is 2. The maximum absolute atomic E-state index is 9.04. The molecule has 0 bridgehead atoms. The summed E-state index contributed by atoms with van der Waals surface area (Å²) in [6, 6.07) is 17.7. The van der Waals surface area contributed by atoms with Gasteiger partial charge in [-0.2, -0.15) is 5.10 Å². The number of aromatic nitrogens is 2. The van der Waals surface area contributed by atoms with Crippen LogP contribution in [0.15, 0.2) is 65.9 Å². The quantitative estimate of drug-likeness (QED) is 0.334. The third kappa shape index (κ3) is 2.58. The van der Waals surface area contributed by atoms with Gasteiger partial charge in [0.15, 0.2) is 0 Å². The summed E-state index contributed by atoms with van der Waals surface area (Å²) in [5.74, 6) is -0.0414. The van der Waals surface area contributed by atoms with Crippen molar-refractivity contribution in [2.24, 2.45) is 10.9 Å². The van der Waals surface area contributed by atoms with Crippen molar-refractivity contribution in [2.45, 2.75) is 12.5 Å². The first-order valence-corrected chi connectivity index (χ1v) is 6.72. The van der Waals surface area contributed by atoms with Gasteiger partial charge in [0, 0.05) is 5.39 Å². The molecule has 1 aromatic heterocycles. The zero-order chi connectivity index (χ0) is 14.7. The van der Waals surface area contributed by atoms with Gasteiger partial charge in [0.05, 0.1) is 24.2 Å².